The molecule has 132 valence electrons. The molecule has 0 spiro atoms. The van der Waals surface area contributed by atoms with E-state index in [1.165, 1.54) is 6.08 Å². The van der Waals surface area contributed by atoms with E-state index in [9.17, 15) is 4.79 Å². The molecule has 0 bridgehead atoms. The zero-order chi connectivity index (χ0) is 18.1. The van der Waals surface area contributed by atoms with Crippen LogP contribution >= 0.6 is 0 Å². The van der Waals surface area contributed by atoms with Crippen molar-refractivity contribution in [3.63, 3.8) is 0 Å². The van der Waals surface area contributed by atoms with Crippen LogP contribution in [0.15, 0.2) is 48.7 Å². The number of pyridine rings is 1. The van der Waals surface area contributed by atoms with Gasteiger partial charge in [0.2, 0.25) is 5.91 Å². The van der Waals surface area contributed by atoms with E-state index in [4.69, 9.17) is 9.47 Å². The first-order valence-electron chi connectivity index (χ1n) is 8.43. The number of nitrogens with zero attached hydrogens (tertiary/aromatic N) is 1. The summed E-state index contributed by atoms with van der Waals surface area (Å²) in [6, 6.07) is 11.1. The summed E-state index contributed by atoms with van der Waals surface area (Å²) in [7, 11) is 0. The van der Waals surface area contributed by atoms with Gasteiger partial charge in [-0.3, -0.25) is 9.78 Å². The van der Waals surface area contributed by atoms with Crippen LogP contribution < -0.4 is 14.8 Å². The summed E-state index contributed by atoms with van der Waals surface area (Å²) >= 11 is 0. The second-order valence-electron chi connectivity index (χ2n) is 5.39. The Morgan fingerprint density at radius 2 is 1.92 bits per heavy atom. The Kier molecular flexibility index (Phi) is 7.01. The van der Waals surface area contributed by atoms with Gasteiger partial charge in [0.05, 0.1) is 24.9 Å². The van der Waals surface area contributed by atoms with E-state index in [1.54, 1.807) is 12.3 Å². The number of ether oxygens (including phenoxy) is 2. The second-order valence-corrected chi connectivity index (χ2v) is 5.39. The molecule has 2 aromatic rings. The van der Waals surface area contributed by atoms with Gasteiger partial charge >= 0.3 is 0 Å². The summed E-state index contributed by atoms with van der Waals surface area (Å²) in [6.07, 6.45) is 4.86. The van der Waals surface area contributed by atoms with Gasteiger partial charge in [0.15, 0.2) is 11.5 Å². The van der Waals surface area contributed by atoms with Crippen molar-refractivity contribution in [1.82, 2.24) is 10.3 Å². The predicted molar refractivity (Wildman–Crippen MR) is 98.6 cm³/mol. The lowest BCUT2D eigenvalue weighted by atomic mass is 10.1. The maximum atomic E-state index is 12.1. The van der Waals surface area contributed by atoms with E-state index in [0.29, 0.717) is 24.7 Å². The van der Waals surface area contributed by atoms with Crippen LogP contribution in [-0.2, 0) is 4.79 Å². The summed E-state index contributed by atoms with van der Waals surface area (Å²) in [5.74, 6) is 1.22. The molecule has 1 aromatic carbocycles. The Morgan fingerprint density at radius 1 is 1.16 bits per heavy atom. The first-order chi connectivity index (χ1) is 12.1. The highest BCUT2D eigenvalue weighted by Crippen LogP contribution is 2.30. The lowest BCUT2D eigenvalue weighted by Gasteiger charge is -2.17. The smallest absolute Gasteiger partial charge is 0.244 e. The first-order valence-corrected chi connectivity index (χ1v) is 8.43. The summed E-state index contributed by atoms with van der Waals surface area (Å²) < 4.78 is 11.2. The Hall–Kier alpha value is -2.82. The predicted octanol–water partition coefficient (Wildman–Crippen LogP) is 3.77. The summed E-state index contributed by atoms with van der Waals surface area (Å²) in [4.78, 5) is 16.2. The number of hydrogen-bond donors (Lipinski definition) is 1. The van der Waals surface area contributed by atoms with Crippen LogP contribution in [0.5, 0.6) is 11.5 Å². The fraction of sp³-hybridized carbons (Fsp3) is 0.300. The average molecular weight is 340 g/mol. The van der Waals surface area contributed by atoms with Gasteiger partial charge in [0, 0.05) is 12.3 Å². The molecule has 0 fully saturated rings. The first kappa shape index (κ1) is 18.5. The third kappa shape index (κ3) is 5.64. The maximum absolute atomic E-state index is 12.1. The van der Waals surface area contributed by atoms with Crippen molar-refractivity contribution >= 4 is 12.0 Å². The summed E-state index contributed by atoms with van der Waals surface area (Å²) in [5.41, 5.74) is 1.69. The molecule has 5 nitrogen and oxygen atoms in total. The average Bonchev–Trinajstić information content (AvgIpc) is 2.62. The van der Waals surface area contributed by atoms with Crippen molar-refractivity contribution in [2.75, 3.05) is 13.2 Å². The van der Waals surface area contributed by atoms with Gasteiger partial charge in [-0.05, 0) is 56.7 Å². The molecular weight excluding hydrogens is 316 g/mol. The molecule has 0 aliphatic carbocycles. The monoisotopic (exact) mass is 340 g/mol. The van der Waals surface area contributed by atoms with Gasteiger partial charge in [-0.15, -0.1) is 0 Å². The van der Waals surface area contributed by atoms with Gasteiger partial charge in [0.25, 0.3) is 0 Å². The number of carbonyl (C=O) groups excluding carboxylic acids is 1. The quantitative estimate of drug-likeness (QED) is 0.743. The van der Waals surface area contributed by atoms with Gasteiger partial charge in [-0.25, -0.2) is 0 Å². The molecule has 0 radical (unpaired) electrons. The van der Waals surface area contributed by atoms with Crippen LogP contribution in [0.3, 0.4) is 0 Å². The van der Waals surface area contributed by atoms with Crippen LogP contribution in [0.25, 0.3) is 6.08 Å². The molecule has 1 amide bonds. The van der Waals surface area contributed by atoms with E-state index < -0.39 is 0 Å². The van der Waals surface area contributed by atoms with Crippen molar-refractivity contribution in [3.8, 4) is 11.5 Å². The van der Waals surface area contributed by atoms with E-state index in [0.717, 1.165) is 11.3 Å². The van der Waals surface area contributed by atoms with E-state index in [2.05, 4.69) is 10.3 Å². The molecule has 0 saturated heterocycles. The second kappa shape index (κ2) is 9.47. The minimum absolute atomic E-state index is 0.157. The molecule has 25 heavy (non-hydrogen) atoms. The Morgan fingerprint density at radius 3 is 2.60 bits per heavy atom. The molecule has 5 heteroatoms. The Bertz CT molecular complexity index is 714. The number of aromatic nitrogens is 1. The minimum Gasteiger partial charge on any atom is -0.490 e. The molecular formula is C20H24N2O3. The minimum atomic E-state index is -0.176. The molecule has 1 heterocycles. The van der Waals surface area contributed by atoms with Crippen LogP contribution in [0.4, 0.5) is 0 Å². The summed E-state index contributed by atoms with van der Waals surface area (Å²) in [5, 5.41) is 2.94. The van der Waals surface area contributed by atoms with Crippen LogP contribution in [0, 0.1) is 0 Å². The zero-order valence-corrected chi connectivity index (χ0v) is 14.9. The van der Waals surface area contributed by atoms with Crippen molar-refractivity contribution < 1.29 is 14.3 Å². The molecule has 2 rings (SSSR count). The molecule has 1 atom stereocenters. The number of nitrogens with one attached hydrogen (secondary N) is 1. The molecule has 0 saturated carbocycles. The van der Waals surface area contributed by atoms with Crippen LogP contribution in [0.1, 0.15) is 38.1 Å². The molecule has 0 aliphatic heterocycles. The van der Waals surface area contributed by atoms with Gasteiger partial charge in [0.1, 0.15) is 0 Å². The number of amides is 1. The zero-order valence-electron chi connectivity index (χ0n) is 14.9. The Balaban J connectivity index is 2.04. The third-order valence-electron chi connectivity index (χ3n) is 3.52. The Labute approximate surface area is 148 Å². The van der Waals surface area contributed by atoms with E-state index in [-0.39, 0.29) is 11.9 Å². The summed E-state index contributed by atoms with van der Waals surface area (Å²) in [6.45, 7) is 6.91. The standard InChI is InChI=1S/C20H24N2O3/c1-4-24-18-11-9-16(14-19(18)25-5-2)15(3)22-20(23)12-10-17-8-6-7-13-21-17/h6-15H,4-5H2,1-3H3,(H,22,23). The molecule has 1 N–H and O–H groups in total. The highest BCUT2D eigenvalue weighted by Gasteiger charge is 2.12. The fourth-order valence-electron chi connectivity index (χ4n) is 2.32. The maximum Gasteiger partial charge on any atom is 0.244 e. The van der Waals surface area contributed by atoms with Crippen molar-refractivity contribution in [1.29, 1.82) is 0 Å². The number of hydrogen-bond acceptors (Lipinski definition) is 4. The lowest BCUT2D eigenvalue weighted by molar-refractivity contribution is -0.117. The topological polar surface area (TPSA) is 60.5 Å². The van der Waals surface area contributed by atoms with Crippen molar-refractivity contribution in [3.05, 3.63) is 59.9 Å². The molecule has 1 aromatic heterocycles. The van der Waals surface area contributed by atoms with Gasteiger partial charge in [-0.1, -0.05) is 12.1 Å². The van der Waals surface area contributed by atoms with Crippen molar-refractivity contribution in [2.45, 2.75) is 26.8 Å². The largest absolute Gasteiger partial charge is 0.490 e. The fourth-order valence-corrected chi connectivity index (χ4v) is 2.32. The van der Waals surface area contributed by atoms with E-state index in [1.807, 2.05) is 57.2 Å². The van der Waals surface area contributed by atoms with Gasteiger partial charge < -0.3 is 14.8 Å². The number of rotatable bonds is 8. The molecule has 1 unspecified atom stereocenters. The molecule has 0 aliphatic rings. The highest BCUT2D eigenvalue weighted by atomic mass is 16.5. The van der Waals surface area contributed by atoms with Crippen molar-refractivity contribution in [2.24, 2.45) is 0 Å². The van der Waals surface area contributed by atoms with E-state index >= 15 is 0 Å². The van der Waals surface area contributed by atoms with Crippen LogP contribution in [-0.4, -0.2) is 24.1 Å². The SMILES string of the molecule is CCOc1ccc(C(C)NC(=O)C=Cc2ccccn2)cc1OCC. The number of benzene rings is 1. The highest BCUT2D eigenvalue weighted by molar-refractivity contribution is 5.91. The third-order valence-corrected chi connectivity index (χ3v) is 3.52. The number of carbonyl (C=O) groups is 1. The van der Waals surface area contributed by atoms with Gasteiger partial charge in [-0.2, -0.15) is 0 Å². The lowest BCUT2D eigenvalue weighted by Crippen LogP contribution is -2.24. The van der Waals surface area contributed by atoms with Crippen LogP contribution in [0.2, 0.25) is 0 Å². The normalized spacial score (nSPS) is 12.0.